The van der Waals surface area contributed by atoms with Gasteiger partial charge in [0.05, 0.1) is 28.7 Å². The second kappa shape index (κ2) is 8.05. The van der Waals surface area contributed by atoms with Crippen molar-refractivity contribution in [2.24, 2.45) is 10.1 Å². The largest absolute Gasteiger partial charge is 0.493 e. The van der Waals surface area contributed by atoms with E-state index in [0.29, 0.717) is 35.9 Å². The number of aromatic hydroxyl groups is 1. The zero-order valence-corrected chi connectivity index (χ0v) is 18.1. The van der Waals surface area contributed by atoms with Gasteiger partial charge in [0.1, 0.15) is 6.34 Å². The number of nitrogens with one attached hydrogen (secondary N) is 2. The van der Waals surface area contributed by atoms with Gasteiger partial charge in [-0.25, -0.2) is 4.98 Å². The Kier molecular flexibility index (Phi) is 5.07. The first kappa shape index (κ1) is 20.1. The second-order valence-electron chi connectivity index (χ2n) is 7.44. The Morgan fingerprint density at radius 1 is 1.12 bits per heavy atom. The highest BCUT2D eigenvalue weighted by atomic mass is 35.5. The SMILES string of the molecule is C=NN(/C=N\C)CCCOc1c2[nH]c3ccc(Cl)cc3c2cc2c1[nH]c1ccc(O)nc12. The third-order valence-corrected chi connectivity index (χ3v) is 5.65. The highest BCUT2D eigenvalue weighted by molar-refractivity contribution is 6.32. The summed E-state index contributed by atoms with van der Waals surface area (Å²) in [6.45, 7) is 4.65. The average molecular weight is 449 g/mol. The van der Waals surface area contributed by atoms with E-state index in [9.17, 15) is 5.11 Å². The van der Waals surface area contributed by atoms with Gasteiger partial charge in [-0.3, -0.25) is 10.0 Å². The van der Waals surface area contributed by atoms with Crippen LogP contribution in [0.2, 0.25) is 5.02 Å². The molecule has 0 bridgehead atoms. The number of rotatable bonds is 7. The molecule has 0 fully saturated rings. The first-order valence-electron chi connectivity index (χ1n) is 10.1. The van der Waals surface area contributed by atoms with Crippen LogP contribution in [0.15, 0.2) is 46.5 Å². The smallest absolute Gasteiger partial charge is 0.211 e. The summed E-state index contributed by atoms with van der Waals surface area (Å²) in [6.07, 6.45) is 2.34. The molecule has 3 heterocycles. The normalized spacial score (nSPS) is 11.9. The van der Waals surface area contributed by atoms with Gasteiger partial charge in [0.2, 0.25) is 5.88 Å². The van der Waals surface area contributed by atoms with Crippen molar-refractivity contribution in [1.29, 1.82) is 0 Å². The maximum atomic E-state index is 9.94. The molecule has 0 aliphatic heterocycles. The van der Waals surface area contributed by atoms with Gasteiger partial charge in [-0.1, -0.05) is 11.6 Å². The van der Waals surface area contributed by atoms with Gasteiger partial charge >= 0.3 is 0 Å². The predicted octanol–water partition coefficient (Wildman–Crippen LogP) is 5.05. The first-order valence-corrected chi connectivity index (χ1v) is 10.5. The first-order chi connectivity index (χ1) is 15.6. The van der Waals surface area contributed by atoms with E-state index in [-0.39, 0.29) is 5.88 Å². The molecule has 0 amide bonds. The van der Waals surface area contributed by atoms with Crippen molar-refractivity contribution >= 4 is 68.4 Å². The average Bonchev–Trinajstić information content (AvgIpc) is 3.33. The van der Waals surface area contributed by atoms with Crippen LogP contribution in [0.5, 0.6) is 11.6 Å². The van der Waals surface area contributed by atoms with E-state index in [2.05, 4.69) is 37.8 Å². The number of hydrogen-bond donors (Lipinski definition) is 3. The van der Waals surface area contributed by atoms with Gasteiger partial charge in [0, 0.05) is 59.5 Å². The maximum Gasteiger partial charge on any atom is 0.211 e. The fourth-order valence-electron chi connectivity index (χ4n) is 4.02. The molecule has 0 saturated heterocycles. The Bertz CT molecular complexity index is 1410. The standard InChI is InChI=1S/C23H21ClN6O2/c1-25-12-30(26-2)8-3-9-32-23-21-15(14-10-13(24)4-5-17(14)27-21)11-16-20-18(28-22(16)23)6-7-19(31)29-20/h4-7,10-12,27-28H,2-3,8-9H2,1H3,(H,29,31)/b25-12-. The fraction of sp³-hybridized carbons (Fsp3) is 0.174. The maximum absolute atomic E-state index is 9.94. The minimum absolute atomic E-state index is 0.0301. The molecular weight excluding hydrogens is 428 g/mol. The van der Waals surface area contributed by atoms with E-state index in [1.807, 2.05) is 24.3 Å². The Labute approximate surface area is 188 Å². The number of ether oxygens (including phenoxy) is 1. The van der Waals surface area contributed by atoms with Gasteiger partial charge in [0.15, 0.2) is 5.75 Å². The highest BCUT2D eigenvalue weighted by Gasteiger charge is 2.18. The molecule has 5 rings (SSSR count). The molecule has 0 atom stereocenters. The number of aromatic nitrogens is 3. The topological polar surface area (TPSA) is 102 Å². The number of H-pyrrole nitrogens is 2. The lowest BCUT2D eigenvalue weighted by molar-refractivity contribution is 0.295. The van der Waals surface area contributed by atoms with Gasteiger partial charge in [-0.2, -0.15) is 5.10 Å². The van der Waals surface area contributed by atoms with E-state index >= 15 is 0 Å². The molecule has 3 N–H and O–H groups in total. The molecule has 5 aromatic rings. The lowest BCUT2D eigenvalue weighted by Crippen LogP contribution is -2.18. The number of aromatic amines is 2. The summed E-state index contributed by atoms with van der Waals surface area (Å²) in [7, 11) is 1.69. The number of hydrazone groups is 1. The summed E-state index contributed by atoms with van der Waals surface area (Å²) in [4.78, 5) is 15.2. The van der Waals surface area contributed by atoms with Gasteiger partial charge < -0.3 is 19.8 Å². The number of hydrogen-bond acceptors (Lipinski definition) is 5. The number of pyridine rings is 1. The minimum Gasteiger partial charge on any atom is -0.493 e. The predicted molar refractivity (Wildman–Crippen MR) is 130 cm³/mol. The van der Waals surface area contributed by atoms with Gasteiger partial charge in [-0.15, -0.1) is 0 Å². The van der Waals surface area contributed by atoms with Crippen LogP contribution in [0.25, 0.3) is 43.7 Å². The van der Waals surface area contributed by atoms with Crippen LogP contribution in [-0.2, 0) is 0 Å². The number of halogens is 1. The van der Waals surface area contributed by atoms with Crippen molar-refractivity contribution in [2.75, 3.05) is 20.2 Å². The number of nitrogens with zero attached hydrogens (tertiary/aromatic N) is 4. The summed E-state index contributed by atoms with van der Waals surface area (Å²) < 4.78 is 6.31. The Hall–Kier alpha value is -3.78. The van der Waals surface area contributed by atoms with Gasteiger partial charge in [0.25, 0.3) is 0 Å². The molecule has 162 valence electrons. The fourth-order valence-corrected chi connectivity index (χ4v) is 4.19. The number of benzene rings is 2. The van der Waals surface area contributed by atoms with E-state index in [1.165, 1.54) is 0 Å². The van der Waals surface area contributed by atoms with Crippen LogP contribution >= 0.6 is 11.6 Å². The number of aliphatic imine (C=N–C) groups is 1. The molecule has 0 unspecified atom stereocenters. The molecule has 3 aromatic heterocycles. The quantitative estimate of drug-likeness (QED) is 0.140. The Morgan fingerprint density at radius 3 is 2.72 bits per heavy atom. The van der Waals surface area contributed by atoms with Crippen molar-refractivity contribution in [3.63, 3.8) is 0 Å². The van der Waals surface area contributed by atoms with Crippen molar-refractivity contribution in [3.8, 4) is 11.6 Å². The van der Waals surface area contributed by atoms with E-state index in [4.69, 9.17) is 16.3 Å². The van der Waals surface area contributed by atoms with Gasteiger partial charge in [-0.05, 0) is 30.3 Å². The van der Waals surface area contributed by atoms with E-state index in [1.54, 1.807) is 24.5 Å². The zero-order valence-electron chi connectivity index (χ0n) is 17.4. The molecular formula is C23H21ClN6O2. The summed E-state index contributed by atoms with van der Waals surface area (Å²) in [6, 6.07) is 11.2. The molecule has 2 aromatic carbocycles. The van der Waals surface area contributed by atoms with Crippen molar-refractivity contribution < 1.29 is 9.84 Å². The lowest BCUT2D eigenvalue weighted by atomic mass is 10.1. The molecule has 8 nitrogen and oxygen atoms in total. The van der Waals surface area contributed by atoms with Crippen LogP contribution in [0.3, 0.4) is 0 Å². The van der Waals surface area contributed by atoms with Crippen LogP contribution in [0, 0.1) is 0 Å². The van der Waals surface area contributed by atoms with Crippen LogP contribution in [-0.4, -0.2) is 58.3 Å². The zero-order chi connectivity index (χ0) is 22.2. The molecule has 0 aliphatic carbocycles. The van der Waals surface area contributed by atoms with E-state index in [0.717, 1.165) is 38.2 Å². The molecule has 32 heavy (non-hydrogen) atoms. The summed E-state index contributed by atoms with van der Waals surface area (Å²) in [5.74, 6) is 0.669. The molecule has 9 heteroatoms. The van der Waals surface area contributed by atoms with Crippen molar-refractivity contribution in [2.45, 2.75) is 6.42 Å². The van der Waals surface area contributed by atoms with Crippen LogP contribution in [0.4, 0.5) is 0 Å². The van der Waals surface area contributed by atoms with Crippen molar-refractivity contribution in [3.05, 3.63) is 41.4 Å². The summed E-state index contributed by atoms with van der Waals surface area (Å²) in [5, 5.41) is 19.0. The molecule has 0 saturated carbocycles. The third-order valence-electron chi connectivity index (χ3n) is 5.42. The van der Waals surface area contributed by atoms with Crippen LogP contribution < -0.4 is 4.74 Å². The lowest BCUT2D eigenvalue weighted by Gasteiger charge is -2.13. The molecule has 0 radical (unpaired) electrons. The monoisotopic (exact) mass is 448 g/mol. The van der Waals surface area contributed by atoms with Crippen molar-refractivity contribution in [1.82, 2.24) is 20.0 Å². The second-order valence-corrected chi connectivity index (χ2v) is 7.87. The Balaban J connectivity index is 1.64. The molecule has 0 spiro atoms. The summed E-state index contributed by atoms with van der Waals surface area (Å²) >= 11 is 6.27. The highest BCUT2D eigenvalue weighted by Crippen LogP contribution is 2.41. The summed E-state index contributed by atoms with van der Waals surface area (Å²) in [5.41, 5.74) is 4.16. The van der Waals surface area contributed by atoms with E-state index < -0.39 is 0 Å². The number of fused-ring (bicyclic) bond motifs is 6. The van der Waals surface area contributed by atoms with Crippen LogP contribution in [0.1, 0.15) is 6.42 Å². The third kappa shape index (κ3) is 3.38. The Morgan fingerprint density at radius 2 is 1.91 bits per heavy atom. The minimum atomic E-state index is -0.0301. The molecule has 0 aliphatic rings.